The molecule has 1 aromatic carbocycles. The first-order valence-electron chi connectivity index (χ1n) is 6.89. The topological polar surface area (TPSA) is 76.4 Å². The molecule has 0 heterocycles. The van der Waals surface area contributed by atoms with Crippen molar-refractivity contribution in [3.05, 3.63) is 35.4 Å². The molecule has 114 valence electrons. The molecule has 1 atom stereocenters. The Morgan fingerprint density at radius 2 is 1.95 bits per heavy atom. The number of likely N-dealkylation sites (N-methyl/N-ethyl adjacent to an activating group) is 1. The average Bonchev–Trinajstić information content (AvgIpc) is 2.36. The van der Waals surface area contributed by atoms with Crippen LogP contribution in [0, 0.1) is 11.3 Å². The van der Waals surface area contributed by atoms with E-state index in [0.29, 0.717) is 12.1 Å². The zero-order valence-corrected chi connectivity index (χ0v) is 13.1. The highest BCUT2D eigenvalue weighted by atomic mass is 16.3. The molecule has 0 bridgehead atoms. The van der Waals surface area contributed by atoms with Gasteiger partial charge in [0.05, 0.1) is 24.3 Å². The smallest absolute Gasteiger partial charge is 0.234 e. The summed E-state index contributed by atoms with van der Waals surface area (Å²) >= 11 is 0. The normalized spacial score (nSPS) is 12.8. The number of nitrogens with one attached hydrogen (secondary N) is 1. The maximum absolute atomic E-state index is 11.8. The Hall–Kier alpha value is -1.90. The van der Waals surface area contributed by atoms with Gasteiger partial charge >= 0.3 is 0 Å². The minimum Gasteiger partial charge on any atom is -0.387 e. The van der Waals surface area contributed by atoms with Gasteiger partial charge in [0.2, 0.25) is 5.91 Å². The molecule has 0 fully saturated rings. The standard InChI is InChI=1S/C16H23N3O2/c1-16(2,3)18-15(21)11-19(4)10-14(20)13-7-5-12(9-17)6-8-13/h5-8,14,20H,10-11H2,1-4H3,(H,18,21). The predicted octanol–water partition coefficient (Wildman–Crippen LogP) is 1.44. The molecule has 0 aromatic heterocycles. The van der Waals surface area contributed by atoms with Crippen molar-refractivity contribution >= 4 is 5.91 Å². The fraction of sp³-hybridized carbons (Fsp3) is 0.500. The quantitative estimate of drug-likeness (QED) is 0.860. The molecule has 0 aliphatic carbocycles. The number of hydrogen-bond donors (Lipinski definition) is 2. The highest BCUT2D eigenvalue weighted by molar-refractivity contribution is 5.78. The second-order valence-corrected chi connectivity index (χ2v) is 6.24. The maximum Gasteiger partial charge on any atom is 0.234 e. The summed E-state index contributed by atoms with van der Waals surface area (Å²) in [7, 11) is 1.79. The van der Waals surface area contributed by atoms with E-state index in [1.54, 1.807) is 36.2 Å². The molecule has 0 saturated heterocycles. The van der Waals surface area contributed by atoms with Crippen molar-refractivity contribution < 1.29 is 9.90 Å². The summed E-state index contributed by atoms with van der Waals surface area (Å²) in [4.78, 5) is 13.6. The molecule has 1 aromatic rings. The van der Waals surface area contributed by atoms with Gasteiger partial charge in [-0.05, 0) is 45.5 Å². The van der Waals surface area contributed by atoms with Crippen LogP contribution in [0.25, 0.3) is 0 Å². The van der Waals surface area contributed by atoms with Crippen molar-refractivity contribution in [2.75, 3.05) is 20.1 Å². The van der Waals surface area contributed by atoms with Gasteiger partial charge in [-0.3, -0.25) is 9.69 Å². The van der Waals surface area contributed by atoms with E-state index < -0.39 is 6.10 Å². The fourth-order valence-corrected chi connectivity index (χ4v) is 1.95. The van der Waals surface area contributed by atoms with E-state index in [0.717, 1.165) is 5.56 Å². The molecule has 5 heteroatoms. The summed E-state index contributed by atoms with van der Waals surface area (Å²) in [5, 5.41) is 21.8. The van der Waals surface area contributed by atoms with E-state index in [4.69, 9.17) is 5.26 Å². The van der Waals surface area contributed by atoms with Gasteiger partial charge in [0.15, 0.2) is 0 Å². The second-order valence-electron chi connectivity index (χ2n) is 6.24. The van der Waals surface area contributed by atoms with Crippen molar-refractivity contribution in [3.8, 4) is 6.07 Å². The Morgan fingerprint density at radius 1 is 1.38 bits per heavy atom. The lowest BCUT2D eigenvalue weighted by Gasteiger charge is -2.24. The largest absolute Gasteiger partial charge is 0.387 e. The third-order valence-corrected chi connectivity index (χ3v) is 2.84. The highest BCUT2D eigenvalue weighted by Gasteiger charge is 2.17. The van der Waals surface area contributed by atoms with Crippen LogP contribution in [-0.4, -0.2) is 41.6 Å². The fourth-order valence-electron chi connectivity index (χ4n) is 1.95. The Labute approximate surface area is 126 Å². The number of carbonyl (C=O) groups excluding carboxylic acids is 1. The van der Waals surface area contributed by atoms with E-state index in [2.05, 4.69) is 5.32 Å². The Morgan fingerprint density at radius 3 is 2.43 bits per heavy atom. The van der Waals surface area contributed by atoms with Gasteiger partial charge < -0.3 is 10.4 Å². The number of aliphatic hydroxyl groups excluding tert-OH is 1. The maximum atomic E-state index is 11.8. The molecule has 21 heavy (non-hydrogen) atoms. The van der Waals surface area contributed by atoms with E-state index >= 15 is 0 Å². The lowest BCUT2D eigenvalue weighted by atomic mass is 10.1. The van der Waals surface area contributed by atoms with Crippen LogP contribution in [0.4, 0.5) is 0 Å². The summed E-state index contributed by atoms with van der Waals surface area (Å²) in [5.74, 6) is -0.0722. The molecule has 1 unspecified atom stereocenters. The van der Waals surface area contributed by atoms with Crippen LogP contribution < -0.4 is 5.32 Å². The number of carbonyl (C=O) groups is 1. The number of hydrogen-bond acceptors (Lipinski definition) is 4. The highest BCUT2D eigenvalue weighted by Crippen LogP contribution is 2.14. The molecule has 1 amide bonds. The Balaban J connectivity index is 2.51. The van der Waals surface area contributed by atoms with Gasteiger partial charge in [-0.2, -0.15) is 5.26 Å². The monoisotopic (exact) mass is 289 g/mol. The zero-order chi connectivity index (χ0) is 16.0. The Kier molecular flexibility index (Phi) is 5.89. The third kappa shape index (κ3) is 6.39. The lowest BCUT2D eigenvalue weighted by Crippen LogP contribution is -2.45. The third-order valence-electron chi connectivity index (χ3n) is 2.84. The first-order chi connectivity index (χ1) is 9.71. The van der Waals surface area contributed by atoms with Crippen LogP contribution in [0.2, 0.25) is 0 Å². The lowest BCUT2D eigenvalue weighted by molar-refractivity contribution is -0.123. The van der Waals surface area contributed by atoms with E-state index in [9.17, 15) is 9.90 Å². The zero-order valence-electron chi connectivity index (χ0n) is 13.1. The van der Waals surface area contributed by atoms with Gasteiger partial charge in [-0.1, -0.05) is 12.1 Å². The number of nitrogens with zero attached hydrogens (tertiary/aromatic N) is 2. The molecule has 1 rings (SSSR count). The summed E-state index contributed by atoms with van der Waals surface area (Å²) in [6.45, 7) is 6.36. The van der Waals surface area contributed by atoms with Gasteiger partial charge in [0.25, 0.3) is 0 Å². The molecule has 0 aliphatic rings. The number of rotatable bonds is 5. The van der Waals surface area contributed by atoms with Gasteiger partial charge in [0.1, 0.15) is 0 Å². The molecule has 0 spiro atoms. The summed E-state index contributed by atoms with van der Waals surface area (Å²) in [5.41, 5.74) is 1.03. The van der Waals surface area contributed by atoms with Crippen LogP contribution in [0.15, 0.2) is 24.3 Å². The number of aliphatic hydroxyl groups is 1. The summed E-state index contributed by atoms with van der Waals surface area (Å²) in [6, 6.07) is 8.84. The SMILES string of the molecule is CN(CC(=O)NC(C)(C)C)CC(O)c1ccc(C#N)cc1. The molecule has 0 radical (unpaired) electrons. The van der Waals surface area contributed by atoms with Crippen molar-refractivity contribution in [3.63, 3.8) is 0 Å². The molecule has 2 N–H and O–H groups in total. The van der Waals surface area contributed by atoms with Crippen LogP contribution >= 0.6 is 0 Å². The van der Waals surface area contributed by atoms with E-state index in [1.807, 2.05) is 26.8 Å². The van der Waals surface area contributed by atoms with Crippen molar-refractivity contribution in [1.29, 1.82) is 5.26 Å². The molecular formula is C16H23N3O2. The van der Waals surface area contributed by atoms with Gasteiger partial charge in [0, 0.05) is 12.1 Å². The van der Waals surface area contributed by atoms with Crippen LogP contribution in [0.3, 0.4) is 0 Å². The van der Waals surface area contributed by atoms with E-state index in [1.165, 1.54) is 0 Å². The number of amides is 1. The number of nitriles is 1. The minimum atomic E-state index is -0.690. The predicted molar refractivity (Wildman–Crippen MR) is 81.5 cm³/mol. The first-order valence-corrected chi connectivity index (χ1v) is 6.89. The molecule has 5 nitrogen and oxygen atoms in total. The summed E-state index contributed by atoms with van der Waals surface area (Å²) < 4.78 is 0. The second kappa shape index (κ2) is 7.21. The average molecular weight is 289 g/mol. The summed E-state index contributed by atoms with van der Waals surface area (Å²) in [6.07, 6.45) is -0.690. The molecular weight excluding hydrogens is 266 g/mol. The van der Waals surface area contributed by atoms with Gasteiger partial charge in [-0.15, -0.1) is 0 Å². The van der Waals surface area contributed by atoms with Crippen molar-refractivity contribution in [2.45, 2.75) is 32.4 Å². The molecule has 0 saturated carbocycles. The van der Waals surface area contributed by atoms with E-state index in [-0.39, 0.29) is 18.0 Å². The Bertz CT molecular complexity index is 512. The van der Waals surface area contributed by atoms with Crippen LogP contribution in [-0.2, 0) is 4.79 Å². The molecule has 0 aliphatic heterocycles. The first kappa shape index (κ1) is 17.2. The minimum absolute atomic E-state index is 0.0722. The van der Waals surface area contributed by atoms with Gasteiger partial charge in [-0.25, -0.2) is 0 Å². The number of benzene rings is 1. The van der Waals surface area contributed by atoms with Crippen LogP contribution in [0.5, 0.6) is 0 Å². The van der Waals surface area contributed by atoms with Crippen molar-refractivity contribution in [1.82, 2.24) is 10.2 Å². The van der Waals surface area contributed by atoms with Crippen LogP contribution in [0.1, 0.15) is 38.0 Å². The van der Waals surface area contributed by atoms with Crippen molar-refractivity contribution in [2.24, 2.45) is 0 Å².